The summed E-state index contributed by atoms with van der Waals surface area (Å²) in [5, 5.41) is 11.9. The van der Waals surface area contributed by atoms with Crippen molar-refractivity contribution in [2.75, 3.05) is 11.9 Å². The van der Waals surface area contributed by atoms with Crippen LogP contribution in [0.1, 0.15) is 18.1 Å². The number of hydrogen-bond donors (Lipinski definition) is 1. The normalized spacial score (nSPS) is 9.86. The molecule has 0 aliphatic heterocycles. The van der Waals surface area contributed by atoms with Crippen molar-refractivity contribution in [3.05, 3.63) is 58.6 Å². The maximum absolute atomic E-state index is 12.0. The third-order valence-electron chi connectivity index (χ3n) is 3.09. The van der Waals surface area contributed by atoms with Gasteiger partial charge in [0.2, 0.25) is 0 Å². The number of halogens is 1. The molecule has 0 unspecified atom stereocenters. The van der Waals surface area contributed by atoms with E-state index in [1.165, 1.54) is 6.07 Å². The Morgan fingerprint density at radius 3 is 2.77 bits per heavy atom. The summed E-state index contributed by atoms with van der Waals surface area (Å²) in [4.78, 5) is 12.0. The number of ether oxygens (including phenoxy) is 1. The van der Waals surface area contributed by atoms with E-state index in [4.69, 9.17) is 21.6 Å². The second kappa shape index (κ2) is 7.48. The highest BCUT2D eigenvalue weighted by atomic mass is 35.5. The van der Waals surface area contributed by atoms with Gasteiger partial charge in [-0.05, 0) is 36.2 Å². The standard InChI is InChI=1S/C17H15ClN2O2/c1-2-13-5-3-4-6-15(13)20-17(21)11-22-16-8-7-12(10-19)9-14(16)18/h3-9H,2,11H2,1H3,(H,20,21). The first-order chi connectivity index (χ1) is 10.6. The number of benzene rings is 2. The Morgan fingerprint density at radius 2 is 2.09 bits per heavy atom. The number of anilines is 1. The van der Waals surface area contributed by atoms with E-state index < -0.39 is 0 Å². The maximum atomic E-state index is 12.0. The fourth-order valence-electron chi connectivity index (χ4n) is 1.97. The lowest BCUT2D eigenvalue weighted by molar-refractivity contribution is -0.118. The molecule has 1 N–H and O–H groups in total. The van der Waals surface area contributed by atoms with Gasteiger partial charge in [-0.25, -0.2) is 0 Å². The van der Waals surface area contributed by atoms with E-state index in [1.807, 2.05) is 37.3 Å². The van der Waals surface area contributed by atoms with Gasteiger partial charge in [0.25, 0.3) is 5.91 Å². The van der Waals surface area contributed by atoms with E-state index in [1.54, 1.807) is 12.1 Å². The lowest BCUT2D eigenvalue weighted by atomic mass is 10.1. The van der Waals surface area contributed by atoms with Crippen molar-refractivity contribution >= 4 is 23.2 Å². The highest BCUT2D eigenvalue weighted by Crippen LogP contribution is 2.25. The van der Waals surface area contributed by atoms with Crippen molar-refractivity contribution in [2.24, 2.45) is 0 Å². The van der Waals surface area contributed by atoms with Gasteiger partial charge >= 0.3 is 0 Å². The molecule has 2 aromatic rings. The molecular formula is C17H15ClN2O2. The number of nitriles is 1. The first-order valence-corrected chi connectivity index (χ1v) is 7.22. The van der Waals surface area contributed by atoms with Crippen LogP contribution < -0.4 is 10.1 Å². The van der Waals surface area contributed by atoms with E-state index in [0.717, 1.165) is 17.7 Å². The zero-order valence-electron chi connectivity index (χ0n) is 12.1. The van der Waals surface area contributed by atoms with Gasteiger partial charge in [-0.1, -0.05) is 36.7 Å². The van der Waals surface area contributed by atoms with Gasteiger partial charge in [0.15, 0.2) is 6.61 Å². The van der Waals surface area contributed by atoms with Crippen LogP contribution in [0.3, 0.4) is 0 Å². The minimum absolute atomic E-state index is 0.149. The molecule has 0 spiro atoms. The average molecular weight is 315 g/mol. The van der Waals surface area contributed by atoms with Crippen LogP contribution in [0.25, 0.3) is 0 Å². The summed E-state index contributed by atoms with van der Waals surface area (Å²) in [7, 11) is 0. The van der Waals surface area contributed by atoms with Gasteiger partial charge in [-0.15, -0.1) is 0 Å². The molecule has 0 aromatic heterocycles. The van der Waals surface area contributed by atoms with E-state index in [0.29, 0.717) is 16.3 Å². The zero-order chi connectivity index (χ0) is 15.9. The van der Waals surface area contributed by atoms with Gasteiger partial charge in [-0.2, -0.15) is 5.26 Å². The Bertz CT molecular complexity index is 723. The van der Waals surface area contributed by atoms with Crippen LogP contribution in [-0.2, 0) is 11.2 Å². The minimum atomic E-state index is -0.263. The molecule has 22 heavy (non-hydrogen) atoms. The second-order valence-electron chi connectivity index (χ2n) is 4.60. The highest BCUT2D eigenvalue weighted by molar-refractivity contribution is 6.32. The van der Waals surface area contributed by atoms with E-state index in [9.17, 15) is 4.79 Å². The fraction of sp³-hybridized carbons (Fsp3) is 0.176. The number of carbonyl (C=O) groups is 1. The Morgan fingerprint density at radius 1 is 1.32 bits per heavy atom. The SMILES string of the molecule is CCc1ccccc1NC(=O)COc1ccc(C#N)cc1Cl. The van der Waals surface area contributed by atoms with E-state index in [2.05, 4.69) is 5.32 Å². The van der Waals surface area contributed by atoms with Crippen LogP contribution in [-0.4, -0.2) is 12.5 Å². The topological polar surface area (TPSA) is 62.1 Å². The first-order valence-electron chi connectivity index (χ1n) is 6.84. The molecule has 112 valence electrons. The Labute approximate surface area is 134 Å². The van der Waals surface area contributed by atoms with E-state index in [-0.39, 0.29) is 12.5 Å². The molecule has 0 aliphatic carbocycles. The lowest BCUT2D eigenvalue weighted by Crippen LogP contribution is -2.21. The summed E-state index contributed by atoms with van der Waals surface area (Å²) in [5.74, 6) is 0.112. The molecule has 0 saturated heterocycles. The van der Waals surface area contributed by atoms with Crippen LogP contribution in [0.4, 0.5) is 5.69 Å². The number of rotatable bonds is 5. The number of aryl methyl sites for hydroxylation is 1. The molecule has 0 fully saturated rings. The van der Waals surface area contributed by atoms with Gasteiger partial charge in [0, 0.05) is 5.69 Å². The molecule has 0 atom stereocenters. The van der Waals surface area contributed by atoms with Crippen LogP contribution >= 0.6 is 11.6 Å². The molecule has 4 nitrogen and oxygen atoms in total. The lowest BCUT2D eigenvalue weighted by Gasteiger charge is -2.11. The number of carbonyl (C=O) groups excluding carboxylic acids is 1. The second-order valence-corrected chi connectivity index (χ2v) is 5.01. The van der Waals surface area contributed by atoms with Crippen LogP contribution in [0.5, 0.6) is 5.75 Å². The number of para-hydroxylation sites is 1. The summed E-state index contributed by atoms with van der Waals surface area (Å²) >= 11 is 5.99. The third kappa shape index (κ3) is 4.00. The molecule has 1 amide bonds. The minimum Gasteiger partial charge on any atom is -0.482 e. The predicted molar refractivity (Wildman–Crippen MR) is 86.1 cm³/mol. The summed E-state index contributed by atoms with van der Waals surface area (Å²) in [6.45, 7) is 1.88. The summed E-state index contributed by atoms with van der Waals surface area (Å²) in [5.41, 5.74) is 2.29. The van der Waals surface area contributed by atoms with Gasteiger partial charge in [-0.3, -0.25) is 4.79 Å². The fourth-order valence-corrected chi connectivity index (χ4v) is 2.20. The molecule has 0 aliphatic rings. The van der Waals surface area contributed by atoms with Crippen LogP contribution in [0, 0.1) is 11.3 Å². The predicted octanol–water partition coefficient (Wildman–Crippen LogP) is 3.79. The molecular weight excluding hydrogens is 300 g/mol. The summed E-state index contributed by atoms with van der Waals surface area (Å²) in [6, 6.07) is 14.3. The van der Waals surface area contributed by atoms with Crippen LogP contribution in [0.15, 0.2) is 42.5 Å². The van der Waals surface area contributed by atoms with Gasteiger partial charge < -0.3 is 10.1 Å². The zero-order valence-corrected chi connectivity index (χ0v) is 12.9. The molecule has 2 rings (SSSR count). The Kier molecular flexibility index (Phi) is 5.40. The molecule has 5 heteroatoms. The summed E-state index contributed by atoms with van der Waals surface area (Å²) < 4.78 is 5.39. The third-order valence-corrected chi connectivity index (χ3v) is 3.39. The molecule has 2 aromatic carbocycles. The summed E-state index contributed by atoms with van der Waals surface area (Å²) in [6.07, 6.45) is 0.832. The smallest absolute Gasteiger partial charge is 0.262 e. The number of amides is 1. The van der Waals surface area contributed by atoms with Crippen molar-refractivity contribution < 1.29 is 9.53 Å². The number of nitrogens with one attached hydrogen (secondary N) is 1. The monoisotopic (exact) mass is 314 g/mol. The van der Waals surface area contributed by atoms with Crippen molar-refractivity contribution in [3.8, 4) is 11.8 Å². The molecule has 0 saturated carbocycles. The van der Waals surface area contributed by atoms with Crippen molar-refractivity contribution in [3.63, 3.8) is 0 Å². The van der Waals surface area contributed by atoms with Crippen molar-refractivity contribution in [1.82, 2.24) is 0 Å². The molecule has 0 heterocycles. The van der Waals surface area contributed by atoms with Crippen molar-refractivity contribution in [1.29, 1.82) is 5.26 Å². The van der Waals surface area contributed by atoms with Gasteiger partial charge in [0.05, 0.1) is 16.7 Å². The largest absolute Gasteiger partial charge is 0.482 e. The quantitative estimate of drug-likeness (QED) is 0.913. The number of hydrogen-bond acceptors (Lipinski definition) is 3. The number of nitrogens with zero attached hydrogens (tertiary/aromatic N) is 1. The van der Waals surface area contributed by atoms with E-state index >= 15 is 0 Å². The average Bonchev–Trinajstić information content (AvgIpc) is 2.54. The Balaban J connectivity index is 1.97. The molecule has 0 bridgehead atoms. The Hall–Kier alpha value is -2.51. The first kappa shape index (κ1) is 15.9. The maximum Gasteiger partial charge on any atom is 0.262 e. The van der Waals surface area contributed by atoms with Crippen molar-refractivity contribution in [2.45, 2.75) is 13.3 Å². The highest BCUT2D eigenvalue weighted by Gasteiger charge is 2.08. The molecule has 0 radical (unpaired) electrons. The van der Waals surface area contributed by atoms with Crippen LogP contribution in [0.2, 0.25) is 5.02 Å². The van der Waals surface area contributed by atoms with Gasteiger partial charge in [0.1, 0.15) is 5.75 Å².